The summed E-state index contributed by atoms with van der Waals surface area (Å²) in [5.74, 6) is -1.41. The van der Waals surface area contributed by atoms with E-state index in [0.717, 1.165) is 23.5 Å². The van der Waals surface area contributed by atoms with Crippen molar-refractivity contribution in [1.29, 1.82) is 0 Å². The van der Waals surface area contributed by atoms with E-state index < -0.39 is 17.7 Å². The van der Waals surface area contributed by atoms with Crippen LogP contribution in [0, 0.1) is 0 Å². The Labute approximate surface area is 104 Å². The van der Waals surface area contributed by atoms with Crippen LogP contribution >= 0.6 is 11.3 Å². The van der Waals surface area contributed by atoms with E-state index in [1.165, 1.54) is 17.5 Å². The number of hydrogen-bond acceptors (Lipinski definition) is 4. The summed E-state index contributed by atoms with van der Waals surface area (Å²) in [7, 11) is 0. The lowest BCUT2D eigenvalue weighted by Crippen LogP contribution is -2.22. The molecule has 1 aromatic carbocycles. The molecule has 0 radical (unpaired) electrons. The van der Waals surface area contributed by atoms with Gasteiger partial charge < -0.3 is 9.90 Å². The molecule has 0 atom stereocenters. The number of thiazole rings is 1. The highest BCUT2D eigenvalue weighted by Gasteiger charge is 2.30. The third-order valence-corrected chi connectivity index (χ3v) is 3.06. The lowest BCUT2D eigenvalue weighted by molar-refractivity contribution is -0.255. The fraction of sp³-hybridized carbons (Fsp3) is 0.0909. The molecule has 94 valence electrons. The van der Waals surface area contributed by atoms with E-state index in [-0.39, 0.29) is 5.69 Å². The van der Waals surface area contributed by atoms with Crippen LogP contribution in [0.15, 0.2) is 29.6 Å². The van der Waals surface area contributed by atoms with Gasteiger partial charge in [0, 0.05) is 10.9 Å². The molecule has 0 bridgehead atoms. The monoisotopic (exact) mass is 272 g/mol. The second kappa shape index (κ2) is 4.41. The summed E-state index contributed by atoms with van der Waals surface area (Å²) in [6.07, 6.45) is -4.39. The van der Waals surface area contributed by atoms with E-state index >= 15 is 0 Å². The Hall–Kier alpha value is -1.89. The molecular weight excluding hydrogens is 267 g/mol. The van der Waals surface area contributed by atoms with Crippen LogP contribution in [-0.2, 0) is 6.18 Å². The predicted octanol–water partition coefficient (Wildman–Crippen LogP) is 2.19. The van der Waals surface area contributed by atoms with Crippen molar-refractivity contribution in [3.05, 3.63) is 40.9 Å². The SMILES string of the molecule is O=C([O-])c1csc(-c2ccc(C(F)(F)F)cc2)n1. The van der Waals surface area contributed by atoms with Crippen LogP contribution in [0.4, 0.5) is 13.2 Å². The Morgan fingerprint density at radius 3 is 2.28 bits per heavy atom. The molecule has 0 unspecified atom stereocenters. The summed E-state index contributed by atoms with van der Waals surface area (Å²) in [6, 6.07) is 4.35. The number of rotatable bonds is 2. The predicted molar refractivity (Wildman–Crippen MR) is 56.9 cm³/mol. The van der Waals surface area contributed by atoms with E-state index in [1.54, 1.807) is 0 Å². The Kier molecular flexibility index (Phi) is 3.08. The number of carbonyl (C=O) groups excluding carboxylic acids is 1. The molecule has 2 rings (SSSR count). The fourth-order valence-electron chi connectivity index (χ4n) is 1.30. The number of alkyl halides is 3. The van der Waals surface area contributed by atoms with Gasteiger partial charge in [-0.1, -0.05) is 12.1 Å². The van der Waals surface area contributed by atoms with Gasteiger partial charge in [0.1, 0.15) is 5.01 Å². The maximum atomic E-state index is 12.3. The lowest BCUT2D eigenvalue weighted by Gasteiger charge is -2.06. The van der Waals surface area contributed by atoms with Crippen molar-refractivity contribution >= 4 is 17.3 Å². The Morgan fingerprint density at radius 1 is 1.22 bits per heavy atom. The summed E-state index contributed by atoms with van der Waals surface area (Å²) >= 11 is 1.03. The molecule has 0 saturated heterocycles. The normalized spacial score (nSPS) is 11.5. The minimum Gasteiger partial charge on any atom is -0.543 e. The van der Waals surface area contributed by atoms with Crippen LogP contribution in [0.5, 0.6) is 0 Å². The van der Waals surface area contributed by atoms with Crippen molar-refractivity contribution in [2.24, 2.45) is 0 Å². The first-order chi connectivity index (χ1) is 8.38. The summed E-state index contributed by atoms with van der Waals surface area (Å²) in [5.41, 5.74) is -0.557. The van der Waals surface area contributed by atoms with Crippen LogP contribution < -0.4 is 5.11 Å². The summed E-state index contributed by atoms with van der Waals surface area (Å²) in [6.45, 7) is 0. The van der Waals surface area contributed by atoms with Crippen LogP contribution in [0.25, 0.3) is 10.6 Å². The van der Waals surface area contributed by atoms with Gasteiger partial charge in [-0.15, -0.1) is 11.3 Å². The largest absolute Gasteiger partial charge is 0.543 e. The minimum atomic E-state index is -4.39. The zero-order valence-electron chi connectivity index (χ0n) is 8.69. The standard InChI is InChI=1S/C11H6F3NO2S/c12-11(13,14)7-3-1-6(2-4-7)9-15-8(5-18-9)10(16)17/h1-5H,(H,16,17)/p-1. The maximum absolute atomic E-state index is 12.3. The number of carboxylic acid groups (broad SMARTS) is 1. The molecule has 18 heavy (non-hydrogen) atoms. The number of carbonyl (C=O) groups is 1. The molecule has 1 aromatic heterocycles. The number of aromatic nitrogens is 1. The van der Waals surface area contributed by atoms with Gasteiger partial charge in [0.05, 0.1) is 17.2 Å². The van der Waals surface area contributed by atoms with Gasteiger partial charge in [-0.2, -0.15) is 13.2 Å². The molecule has 0 fully saturated rings. The molecule has 0 amide bonds. The Balaban J connectivity index is 2.31. The molecule has 0 aliphatic rings. The minimum absolute atomic E-state index is 0.227. The third-order valence-electron chi connectivity index (χ3n) is 2.17. The Morgan fingerprint density at radius 2 is 1.83 bits per heavy atom. The van der Waals surface area contributed by atoms with E-state index in [4.69, 9.17) is 0 Å². The zero-order valence-corrected chi connectivity index (χ0v) is 9.51. The van der Waals surface area contributed by atoms with E-state index in [9.17, 15) is 23.1 Å². The average molecular weight is 272 g/mol. The molecule has 0 aliphatic carbocycles. The highest BCUT2D eigenvalue weighted by atomic mass is 32.1. The van der Waals surface area contributed by atoms with Crippen molar-refractivity contribution in [3.63, 3.8) is 0 Å². The van der Waals surface area contributed by atoms with Crippen molar-refractivity contribution in [3.8, 4) is 10.6 Å². The van der Waals surface area contributed by atoms with E-state index in [0.29, 0.717) is 10.6 Å². The Bertz CT molecular complexity index is 575. The maximum Gasteiger partial charge on any atom is 0.416 e. The first-order valence-corrected chi connectivity index (χ1v) is 5.60. The number of halogens is 3. The first kappa shape index (κ1) is 12.6. The molecule has 3 nitrogen and oxygen atoms in total. The van der Waals surface area contributed by atoms with Crippen molar-refractivity contribution in [2.75, 3.05) is 0 Å². The van der Waals surface area contributed by atoms with Crippen molar-refractivity contribution in [2.45, 2.75) is 6.18 Å². The van der Waals surface area contributed by atoms with Gasteiger partial charge in [-0.3, -0.25) is 0 Å². The third kappa shape index (κ3) is 2.51. The molecule has 1 heterocycles. The van der Waals surface area contributed by atoms with Crippen molar-refractivity contribution in [1.82, 2.24) is 4.98 Å². The van der Waals surface area contributed by atoms with Gasteiger partial charge in [-0.25, -0.2) is 4.98 Å². The second-order valence-electron chi connectivity index (χ2n) is 3.40. The molecule has 2 aromatic rings. The fourth-order valence-corrected chi connectivity index (χ4v) is 2.10. The number of hydrogen-bond donors (Lipinski definition) is 0. The van der Waals surface area contributed by atoms with Gasteiger partial charge >= 0.3 is 6.18 Å². The second-order valence-corrected chi connectivity index (χ2v) is 4.26. The summed E-state index contributed by atoms with van der Waals surface area (Å²) in [4.78, 5) is 14.3. The molecule has 0 spiro atoms. The highest BCUT2D eigenvalue weighted by molar-refractivity contribution is 7.13. The van der Waals surface area contributed by atoms with E-state index in [2.05, 4.69) is 4.98 Å². The van der Waals surface area contributed by atoms with Crippen LogP contribution in [-0.4, -0.2) is 11.0 Å². The van der Waals surface area contributed by atoms with Gasteiger partial charge in [0.2, 0.25) is 0 Å². The van der Waals surface area contributed by atoms with Crippen LogP contribution in [0.1, 0.15) is 16.1 Å². The average Bonchev–Trinajstić information content (AvgIpc) is 2.77. The van der Waals surface area contributed by atoms with Crippen LogP contribution in [0.3, 0.4) is 0 Å². The number of aromatic carboxylic acids is 1. The molecular formula is C11H5F3NO2S-. The molecule has 7 heteroatoms. The van der Waals surface area contributed by atoms with Gasteiger partial charge in [0.25, 0.3) is 0 Å². The highest BCUT2D eigenvalue weighted by Crippen LogP contribution is 2.31. The van der Waals surface area contributed by atoms with E-state index in [1.807, 2.05) is 0 Å². The molecule has 0 saturated carbocycles. The topological polar surface area (TPSA) is 53.0 Å². The molecule has 0 aliphatic heterocycles. The molecule has 0 N–H and O–H groups in total. The number of nitrogens with zero attached hydrogens (tertiary/aromatic N) is 1. The summed E-state index contributed by atoms with van der Waals surface area (Å²) < 4.78 is 37.0. The summed E-state index contributed by atoms with van der Waals surface area (Å²) in [5, 5.41) is 12.1. The lowest BCUT2D eigenvalue weighted by atomic mass is 10.1. The quantitative estimate of drug-likeness (QED) is 0.842. The number of benzene rings is 1. The van der Waals surface area contributed by atoms with Crippen molar-refractivity contribution < 1.29 is 23.1 Å². The first-order valence-electron chi connectivity index (χ1n) is 4.72. The zero-order chi connectivity index (χ0) is 13.3. The van der Waals surface area contributed by atoms with Gasteiger partial charge in [0.15, 0.2) is 0 Å². The van der Waals surface area contributed by atoms with Gasteiger partial charge in [-0.05, 0) is 12.1 Å². The van der Waals surface area contributed by atoms with Crippen LogP contribution in [0.2, 0.25) is 0 Å². The smallest absolute Gasteiger partial charge is 0.416 e. The number of carboxylic acids is 1.